The van der Waals surface area contributed by atoms with E-state index in [1.165, 1.54) is 0 Å². The Morgan fingerprint density at radius 1 is 1.26 bits per heavy atom. The molecule has 0 aliphatic carbocycles. The third kappa shape index (κ3) is 5.37. The number of amides is 1. The number of hydrogen-bond donors (Lipinski definition) is 1. The van der Waals surface area contributed by atoms with E-state index in [0.29, 0.717) is 25.6 Å². The smallest absolute Gasteiger partial charge is 0.229 e. The van der Waals surface area contributed by atoms with Crippen LogP contribution in [0, 0.1) is 5.92 Å². The summed E-state index contributed by atoms with van der Waals surface area (Å²) < 4.78 is 26.3. The molecule has 166 valence electrons. The number of fused-ring (bicyclic) bond motifs is 1. The molecule has 0 spiro atoms. The van der Waals surface area contributed by atoms with Crippen LogP contribution in [0.3, 0.4) is 0 Å². The first-order valence-corrected chi connectivity index (χ1v) is 12.2. The molecule has 1 atom stereocenters. The summed E-state index contributed by atoms with van der Waals surface area (Å²) in [5.41, 5.74) is 1.52. The Morgan fingerprint density at radius 2 is 2.10 bits per heavy atom. The number of aromatic nitrogens is 6. The fourth-order valence-electron chi connectivity index (χ4n) is 3.79. The highest BCUT2D eigenvalue weighted by molar-refractivity contribution is 7.90. The van der Waals surface area contributed by atoms with Gasteiger partial charge in [0.2, 0.25) is 11.9 Å². The Labute approximate surface area is 180 Å². The monoisotopic (exact) mass is 446 g/mol. The van der Waals surface area contributed by atoms with Crippen molar-refractivity contribution in [2.24, 2.45) is 13.0 Å². The molecule has 3 aromatic rings. The minimum Gasteiger partial charge on any atom is -0.342 e. The molecular formula is C19H26N8O3S. The van der Waals surface area contributed by atoms with Crippen molar-refractivity contribution in [3.8, 4) is 0 Å². The lowest BCUT2D eigenvalue weighted by Crippen LogP contribution is -2.41. The lowest BCUT2D eigenvalue weighted by atomic mass is 9.98. The van der Waals surface area contributed by atoms with Gasteiger partial charge in [-0.05, 0) is 18.8 Å². The molecule has 31 heavy (non-hydrogen) atoms. The van der Waals surface area contributed by atoms with E-state index in [1.54, 1.807) is 28.2 Å². The van der Waals surface area contributed by atoms with Gasteiger partial charge in [-0.2, -0.15) is 15.2 Å². The molecule has 3 aromatic heterocycles. The first kappa shape index (κ1) is 21.2. The highest BCUT2D eigenvalue weighted by Gasteiger charge is 2.25. The van der Waals surface area contributed by atoms with Crippen molar-refractivity contribution < 1.29 is 13.2 Å². The molecule has 12 heteroatoms. The average Bonchev–Trinajstić information content (AvgIpc) is 3.31. The number of carbonyl (C=O) groups is 1. The molecule has 1 saturated heterocycles. The van der Waals surface area contributed by atoms with E-state index >= 15 is 0 Å². The van der Waals surface area contributed by atoms with Gasteiger partial charge in [0.05, 0.1) is 29.2 Å². The molecular weight excluding hydrogens is 420 g/mol. The second-order valence-electron chi connectivity index (χ2n) is 8.05. The van der Waals surface area contributed by atoms with Crippen LogP contribution in [0.2, 0.25) is 0 Å². The zero-order valence-corrected chi connectivity index (χ0v) is 18.4. The number of anilines is 2. The fraction of sp³-hybridized carbons (Fsp3) is 0.526. The number of likely N-dealkylation sites (tertiary alicyclic amines) is 1. The number of aryl methyl sites for hydroxylation is 1. The van der Waals surface area contributed by atoms with Crippen molar-refractivity contribution in [1.29, 1.82) is 0 Å². The van der Waals surface area contributed by atoms with Gasteiger partial charge in [0.1, 0.15) is 9.84 Å². The molecule has 0 bridgehead atoms. The van der Waals surface area contributed by atoms with Crippen molar-refractivity contribution in [1.82, 2.24) is 34.4 Å². The summed E-state index contributed by atoms with van der Waals surface area (Å²) in [4.78, 5) is 23.1. The molecule has 4 rings (SSSR count). The summed E-state index contributed by atoms with van der Waals surface area (Å²) in [5.74, 6) is 0.471. The normalized spacial score (nSPS) is 17.2. The summed E-state index contributed by atoms with van der Waals surface area (Å²) >= 11 is 0. The van der Waals surface area contributed by atoms with E-state index < -0.39 is 9.84 Å². The van der Waals surface area contributed by atoms with Crippen LogP contribution in [0.1, 0.15) is 19.3 Å². The second kappa shape index (κ2) is 8.61. The van der Waals surface area contributed by atoms with Gasteiger partial charge in [-0.15, -0.1) is 0 Å². The van der Waals surface area contributed by atoms with Gasteiger partial charge in [0.25, 0.3) is 0 Å². The fourth-order valence-corrected chi connectivity index (χ4v) is 4.34. The van der Waals surface area contributed by atoms with E-state index in [4.69, 9.17) is 0 Å². The quantitative estimate of drug-likeness (QED) is 0.569. The van der Waals surface area contributed by atoms with Crippen molar-refractivity contribution in [2.45, 2.75) is 25.8 Å². The van der Waals surface area contributed by atoms with Gasteiger partial charge in [0.15, 0.2) is 5.65 Å². The molecule has 0 radical (unpaired) electrons. The number of carbonyl (C=O) groups excluding carboxylic acids is 1. The van der Waals surface area contributed by atoms with E-state index in [1.807, 2.05) is 17.9 Å². The molecule has 0 saturated carbocycles. The summed E-state index contributed by atoms with van der Waals surface area (Å²) in [7, 11) is -1.31. The van der Waals surface area contributed by atoms with E-state index in [2.05, 4.69) is 25.5 Å². The average molecular weight is 447 g/mol. The third-order valence-corrected chi connectivity index (χ3v) is 6.27. The first-order chi connectivity index (χ1) is 14.8. The van der Waals surface area contributed by atoms with Crippen molar-refractivity contribution in [3.63, 3.8) is 0 Å². The first-order valence-electron chi connectivity index (χ1n) is 10.2. The van der Waals surface area contributed by atoms with Crippen LogP contribution in [-0.2, 0) is 28.2 Å². The minimum absolute atomic E-state index is 0.0346. The lowest BCUT2D eigenvalue weighted by molar-refractivity contribution is -0.132. The molecule has 11 nitrogen and oxygen atoms in total. The van der Waals surface area contributed by atoms with Gasteiger partial charge < -0.3 is 10.2 Å². The topological polar surface area (TPSA) is 128 Å². The van der Waals surface area contributed by atoms with E-state index in [-0.39, 0.29) is 24.0 Å². The zero-order valence-electron chi connectivity index (χ0n) is 17.6. The Hall–Kier alpha value is -3.02. The minimum atomic E-state index is -3.15. The zero-order chi connectivity index (χ0) is 22.0. The van der Waals surface area contributed by atoms with Gasteiger partial charge in [-0.3, -0.25) is 9.48 Å². The van der Waals surface area contributed by atoms with Crippen LogP contribution in [-0.4, -0.2) is 73.9 Å². The maximum absolute atomic E-state index is 12.4. The SMILES string of the molecule is Cn1cc(Nc2ncc3cnn(CC4CCCN(C(=O)CCS(C)(=O)=O)C4)c3n2)cn1. The van der Waals surface area contributed by atoms with Gasteiger partial charge in [0, 0.05) is 51.8 Å². The maximum Gasteiger partial charge on any atom is 0.229 e. The maximum atomic E-state index is 12.4. The number of nitrogens with one attached hydrogen (secondary N) is 1. The molecule has 1 fully saturated rings. The number of piperidine rings is 1. The Morgan fingerprint density at radius 3 is 2.84 bits per heavy atom. The summed E-state index contributed by atoms with van der Waals surface area (Å²) in [6.45, 7) is 1.89. The molecule has 1 unspecified atom stereocenters. The third-order valence-electron chi connectivity index (χ3n) is 5.33. The van der Waals surface area contributed by atoms with E-state index in [9.17, 15) is 13.2 Å². The van der Waals surface area contributed by atoms with Crippen LogP contribution >= 0.6 is 0 Å². The van der Waals surface area contributed by atoms with Crippen LogP contribution < -0.4 is 5.32 Å². The van der Waals surface area contributed by atoms with Crippen molar-refractivity contribution in [2.75, 3.05) is 30.4 Å². The standard InChI is InChI=1S/C19H26N8O3S/c1-25-13-16(10-21-25)23-19-20-8-15-9-22-27(18(15)24-19)12-14-4-3-6-26(11-14)17(28)5-7-31(2,29)30/h8-10,13-14H,3-7,11-12H2,1-2H3,(H,20,23,24). The molecule has 1 aliphatic heterocycles. The van der Waals surface area contributed by atoms with Crippen molar-refractivity contribution in [3.05, 3.63) is 24.8 Å². The Bertz CT molecular complexity index is 1190. The number of rotatable bonds is 7. The highest BCUT2D eigenvalue weighted by atomic mass is 32.2. The predicted octanol–water partition coefficient (Wildman–Crippen LogP) is 0.977. The highest BCUT2D eigenvalue weighted by Crippen LogP contribution is 2.22. The van der Waals surface area contributed by atoms with Crippen LogP contribution in [0.25, 0.3) is 11.0 Å². The summed E-state index contributed by atoms with van der Waals surface area (Å²) in [5, 5.41) is 12.6. The van der Waals surface area contributed by atoms with Gasteiger partial charge >= 0.3 is 0 Å². The molecule has 1 aliphatic rings. The number of sulfone groups is 1. The second-order valence-corrected chi connectivity index (χ2v) is 10.3. The van der Waals surface area contributed by atoms with E-state index in [0.717, 1.165) is 35.8 Å². The summed E-state index contributed by atoms with van der Waals surface area (Å²) in [6.07, 6.45) is 10.0. The van der Waals surface area contributed by atoms with Gasteiger partial charge in [-0.1, -0.05) is 0 Å². The Balaban J connectivity index is 1.44. The number of nitrogens with zero attached hydrogens (tertiary/aromatic N) is 7. The summed E-state index contributed by atoms with van der Waals surface area (Å²) in [6, 6.07) is 0. The molecule has 1 N–H and O–H groups in total. The number of hydrogen-bond acceptors (Lipinski definition) is 8. The van der Waals surface area contributed by atoms with Crippen LogP contribution in [0.15, 0.2) is 24.8 Å². The molecule has 1 amide bonds. The van der Waals surface area contributed by atoms with Crippen molar-refractivity contribution >= 4 is 38.4 Å². The molecule has 4 heterocycles. The lowest BCUT2D eigenvalue weighted by Gasteiger charge is -2.32. The van der Waals surface area contributed by atoms with Crippen LogP contribution in [0.5, 0.6) is 0 Å². The van der Waals surface area contributed by atoms with Gasteiger partial charge in [-0.25, -0.2) is 18.1 Å². The molecule has 0 aromatic carbocycles. The largest absolute Gasteiger partial charge is 0.342 e. The van der Waals surface area contributed by atoms with Crippen LogP contribution in [0.4, 0.5) is 11.6 Å². The predicted molar refractivity (Wildman–Crippen MR) is 115 cm³/mol. The Kier molecular flexibility index (Phi) is 5.90.